The number of nitrogens with one attached hydrogen (secondary N) is 1. The van der Waals surface area contributed by atoms with Crippen LogP contribution in [0.15, 0.2) is 51.6 Å². The summed E-state index contributed by atoms with van der Waals surface area (Å²) in [6, 6.07) is 10.6. The second-order valence-corrected chi connectivity index (χ2v) is 6.16. The number of hydrogen-bond donors (Lipinski definition) is 1. The molecule has 1 aromatic carbocycles. The zero-order valence-electron chi connectivity index (χ0n) is 14.4. The molecule has 134 valence electrons. The van der Waals surface area contributed by atoms with E-state index in [1.807, 2.05) is 0 Å². The smallest absolute Gasteiger partial charge is 0.236 e. The van der Waals surface area contributed by atoms with Gasteiger partial charge in [0.2, 0.25) is 11.7 Å². The second-order valence-electron chi connectivity index (χ2n) is 6.16. The van der Waals surface area contributed by atoms with Crippen molar-refractivity contribution in [3.63, 3.8) is 0 Å². The third-order valence-electron chi connectivity index (χ3n) is 4.60. The van der Waals surface area contributed by atoms with E-state index in [0.717, 1.165) is 0 Å². The number of methoxy groups -OCH3 is 2. The van der Waals surface area contributed by atoms with E-state index in [1.165, 1.54) is 0 Å². The number of carbonyl (C=O) groups excluding carboxylic acids is 1. The van der Waals surface area contributed by atoms with Crippen molar-refractivity contribution in [2.45, 2.75) is 18.3 Å². The van der Waals surface area contributed by atoms with Crippen molar-refractivity contribution in [2.24, 2.45) is 0 Å². The highest BCUT2D eigenvalue weighted by atomic mass is 16.5. The van der Waals surface area contributed by atoms with Crippen LogP contribution in [-0.4, -0.2) is 25.3 Å². The molecule has 0 bridgehead atoms. The summed E-state index contributed by atoms with van der Waals surface area (Å²) in [4.78, 5) is 12.9. The Hall–Kier alpha value is -3.22. The van der Waals surface area contributed by atoms with Crippen LogP contribution in [0.5, 0.6) is 11.5 Å². The van der Waals surface area contributed by atoms with Gasteiger partial charge in [-0.15, -0.1) is 0 Å². The predicted molar refractivity (Wildman–Crippen MR) is 93.3 cm³/mol. The van der Waals surface area contributed by atoms with Gasteiger partial charge in [-0.25, -0.2) is 0 Å². The lowest BCUT2D eigenvalue weighted by atomic mass is 10.0. The lowest BCUT2D eigenvalue weighted by Gasteiger charge is -2.15. The molecule has 7 nitrogen and oxygen atoms in total. The average molecular weight is 354 g/mol. The first-order valence-electron chi connectivity index (χ1n) is 8.21. The fourth-order valence-corrected chi connectivity index (χ4v) is 2.91. The van der Waals surface area contributed by atoms with Crippen LogP contribution in [0, 0.1) is 0 Å². The Balaban J connectivity index is 1.59. The minimum Gasteiger partial charge on any atom is -0.497 e. The Morgan fingerprint density at radius 1 is 1.15 bits per heavy atom. The highest BCUT2D eigenvalue weighted by Gasteiger charge is 2.54. The third-order valence-corrected chi connectivity index (χ3v) is 4.60. The first-order chi connectivity index (χ1) is 12.7. The van der Waals surface area contributed by atoms with Crippen LogP contribution >= 0.6 is 0 Å². The molecule has 1 aliphatic carbocycles. The molecular formula is C19H18N2O5. The zero-order chi connectivity index (χ0) is 18.1. The van der Waals surface area contributed by atoms with Gasteiger partial charge < -0.3 is 23.7 Å². The van der Waals surface area contributed by atoms with E-state index in [-0.39, 0.29) is 5.91 Å². The monoisotopic (exact) mass is 354 g/mol. The minimum atomic E-state index is -0.692. The number of anilines is 1. The van der Waals surface area contributed by atoms with Gasteiger partial charge in [0, 0.05) is 12.1 Å². The third kappa shape index (κ3) is 2.71. The number of aromatic nitrogens is 1. The maximum Gasteiger partial charge on any atom is 0.236 e. The van der Waals surface area contributed by atoms with Gasteiger partial charge in [0.1, 0.15) is 11.5 Å². The molecule has 1 amide bonds. The van der Waals surface area contributed by atoms with E-state index < -0.39 is 5.41 Å². The quantitative estimate of drug-likeness (QED) is 0.727. The predicted octanol–water partition coefficient (Wildman–Crippen LogP) is 3.62. The summed E-state index contributed by atoms with van der Waals surface area (Å²) in [7, 11) is 3.12. The lowest BCUT2D eigenvalue weighted by Crippen LogP contribution is -2.28. The molecule has 2 heterocycles. The standard InChI is InChI=1S/C19H18N2O5/c1-23-12-5-6-14(24-2)13(10-12)20-18(22)19(7-8-19)17-11-16(26-21-17)15-4-3-9-25-15/h3-6,9-11H,7-8H2,1-2H3,(H,20,22). The van der Waals surface area contributed by atoms with E-state index in [1.54, 1.807) is 56.9 Å². The molecule has 1 N–H and O–H groups in total. The Morgan fingerprint density at radius 2 is 2.00 bits per heavy atom. The Kier molecular flexibility index (Phi) is 3.91. The molecule has 2 aromatic heterocycles. The topological polar surface area (TPSA) is 86.7 Å². The molecular weight excluding hydrogens is 336 g/mol. The number of benzene rings is 1. The van der Waals surface area contributed by atoms with E-state index >= 15 is 0 Å². The molecule has 0 saturated heterocycles. The number of nitrogens with zero attached hydrogens (tertiary/aromatic N) is 1. The largest absolute Gasteiger partial charge is 0.497 e. The van der Waals surface area contributed by atoms with E-state index in [2.05, 4.69) is 10.5 Å². The summed E-state index contributed by atoms with van der Waals surface area (Å²) in [5.41, 5.74) is 0.462. The molecule has 0 atom stereocenters. The van der Waals surface area contributed by atoms with Gasteiger partial charge in [0.25, 0.3) is 0 Å². The molecule has 26 heavy (non-hydrogen) atoms. The van der Waals surface area contributed by atoms with E-state index in [9.17, 15) is 4.79 Å². The fraction of sp³-hybridized carbons (Fsp3) is 0.263. The van der Waals surface area contributed by atoms with Crippen LogP contribution < -0.4 is 14.8 Å². The Morgan fingerprint density at radius 3 is 2.65 bits per heavy atom. The molecule has 7 heteroatoms. The number of rotatable bonds is 6. The SMILES string of the molecule is COc1ccc(OC)c(NC(=O)C2(c3cc(-c4ccco4)on3)CC2)c1. The van der Waals surface area contributed by atoms with Crippen LogP contribution in [0.1, 0.15) is 18.5 Å². The van der Waals surface area contributed by atoms with Crippen LogP contribution in [0.4, 0.5) is 5.69 Å². The van der Waals surface area contributed by atoms with E-state index in [0.29, 0.717) is 47.2 Å². The average Bonchev–Trinajstić information content (AvgIpc) is 3.08. The zero-order valence-corrected chi connectivity index (χ0v) is 14.4. The molecule has 1 saturated carbocycles. The molecule has 0 radical (unpaired) electrons. The maximum atomic E-state index is 12.9. The minimum absolute atomic E-state index is 0.150. The summed E-state index contributed by atoms with van der Waals surface area (Å²) in [5.74, 6) is 2.12. The van der Waals surface area contributed by atoms with Gasteiger partial charge in [-0.2, -0.15) is 0 Å². The summed E-state index contributed by atoms with van der Waals surface area (Å²) in [5, 5.41) is 7.03. The Labute approximate surface area is 149 Å². The van der Waals surface area contributed by atoms with Crippen LogP contribution in [0.3, 0.4) is 0 Å². The van der Waals surface area contributed by atoms with Crippen LogP contribution in [-0.2, 0) is 10.2 Å². The van der Waals surface area contributed by atoms with Crippen molar-refractivity contribution in [3.8, 4) is 23.0 Å². The lowest BCUT2D eigenvalue weighted by molar-refractivity contribution is -0.118. The summed E-state index contributed by atoms with van der Waals surface area (Å²) in [6.45, 7) is 0. The maximum absolute atomic E-state index is 12.9. The first-order valence-corrected chi connectivity index (χ1v) is 8.21. The number of amides is 1. The van der Waals surface area contributed by atoms with Crippen molar-refractivity contribution < 1.29 is 23.2 Å². The van der Waals surface area contributed by atoms with Gasteiger partial charge >= 0.3 is 0 Å². The highest BCUT2D eigenvalue weighted by Crippen LogP contribution is 2.49. The molecule has 1 aliphatic rings. The Bertz CT molecular complexity index is 925. The molecule has 1 fully saturated rings. The van der Waals surface area contributed by atoms with E-state index in [4.69, 9.17) is 18.4 Å². The summed E-state index contributed by atoms with van der Waals surface area (Å²) < 4.78 is 21.2. The van der Waals surface area contributed by atoms with Crippen molar-refractivity contribution in [1.82, 2.24) is 5.16 Å². The normalized spacial score (nSPS) is 14.7. The van der Waals surface area contributed by atoms with Gasteiger partial charge in [-0.3, -0.25) is 4.79 Å². The van der Waals surface area contributed by atoms with Crippen molar-refractivity contribution in [3.05, 3.63) is 48.4 Å². The number of furan rings is 1. The van der Waals surface area contributed by atoms with Gasteiger partial charge in [-0.1, -0.05) is 5.16 Å². The van der Waals surface area contributed by atoms with Gasteiger partial charge in [0.05, 0.1) is 37.3 Å². The summed E-state index contributed by atoms with van der Waals surface area (Å²) in [6.07, 6.45) is 2.97. The first kappa shape index (κ1) is 16.3. The highest BCUT2D eigenvalue weighted by molar-refractivity contribution is 6.02. The molecule has 0 spiro atoms. The van der Waals surface area contributed by atoms with Crippen molar-refractivity contribution in [1.29, 1.82) is 0 Å². The molecule has 3 aromatic rings. The van der Waals surface area contributed by atoms with Crippen LogP contribution in [0.2, 0.25) is 0 Å². The molecule has 0 unspecified atom stereocenters. The molecule has 4 rings (SSSR count). The van der Waals surface area contributed by atoms with Gasteiger partial charge in [0.15, 0.2) is 5.76 Å². The van der Waals surface area contributed by atoms with Crippen molar-refractivity contribution in [2.75, 3.05) is 19.5 Å². The second kappa shape index (κ2) is 6.25. The van der Waals surface area contributed by atoms with Crippen molar-refractivity contribution >= 4 is 11.6 Å². The molecule has 0 aliphatic heterocycles. The number of hydrogen-bond acceptors (Lipinski definition) is 6. The summed E-state index contributed by atoms with van der Waals surface area (Å²) >= 11 is 0. The van der Waals surface area contributed by atoms with Gasteiger partial charge in [-0.05, 0) is 37.1 Å². The fourth-order valence-electron chi connectivity index (χ4n) is 2.91. The number of carbonyl (C=O) groups is 1. The number of ether oxygens (including phenoxy) is 2. The van der Waals surface area contributed by atoms with Crippen LogP contribution in [0.25, 0.3) is 11.5 Å².